The largest absolute Gasteiger partial charge is 0.484 e. The van der Waals surface area contributed by atoms with Crippen LogP contribution in [0.1, 0.15) is 17.3 Å². The summed E-state index contributed by atoms with van der Waals surface area (Å²) in [6, 6.07) is 13.9. The zero-order valence-corrected chi connectivity index (χ0v) is 14.1. The number of carbonyl (C=O) groups excluding carboxylic acids is 2. The molecule has 0 aliphatic carbocycles. The van der Waals surface area contributed by atoms with Gasteiger partial charge in [0.25, 0.3) is 5.91 Å². The third-order valence-electron chi connectivity index (χ3n) is 2.86. The minimum Gasteiger partial charge on any atom is -0.484 e. The Morgan fingerprint density at radius 3 is 2.65 bits per heavy atom. The second-order valence-corrected chi connectivity index (χ2v) is 5.48. The summed E-state index contributed by atoms with van der Waals surface area (Å²) in [5, 5.41) is 2.66. The lowest BCUT2D eigenvalue weighted by molar-refractivity contribution is -0.118. The summed E-state index contributed by atoms with van der Waals surface area (Å²) in [7, 11) is 0. The van der Waals surface area contributed by atoms with E-state index in [9.17, 15) is 9.59 Å². The molecule has 0 fully saturated rings. The van der Waals surface area contributed by atoms with E-state index in [1.54, 1.807) is 43.3 Å². The fraction of sp³-hybridized carbons (Fsp3) is 0.176. The van der Waals surface area contributed by atoms with Crippen LogP contribution < -0.4 is 10.1 Å². The molecule has 0 saturated heterocycles. The Balaban J connectivity index is 1.99. The van der Waals surface area contributed by atoms with Crippen LogP contribution >= 0.6 is 15.9 Å². The number of rotatable bonds is 6. The number of hydrogen-bond donors (Lipinski definition) is 1. The van der Waals surface area contributed by atoms with Crippen molar-refractivity contribution in [3.8, 4) is 5.75 Å². The van der Waals surface area contributed by atoms with Crippen LogP contribution in [0.2, 0.25) is 0 Å². The molecular weight excluding hydrogens is 362 g/mol. The molecule has 0 aromatic heterocycles. The molecule has 2 rings (SSSR count). The zero-order valence-electron chi connectivity index (χ0n) is 12.5. The number of anilines is 1. The Morgan fingerprint density at radius 2 is 1.91 bits per heavy atom. The van der Waals surface area contributed by atoms with Crippen LogP contribution in [0, 0.1) is 0 Å². The van der Waals surface area contributed by atoms with Crippen LogP contribution in [0.3, 0.4) is 0 Å². The molecule has 6 heteroatoms. The maximum absolute atomic E-state index is 12.0. The van der Waals surface area contributed by atoms with Gasteiger partial charge in [0.2, 0.25) is 0 Å². The van der Waals surface area contributed by atoms with Gasteiger partial charge in [-0.1, -0.05) is 34.1 Å². The number of para-hydroxylation sites is 1. The molecule has 0 bridgehead atoms. The minimum absolute atomic E-state index is 0.159. The number of carbonyl (C=O) groups is 2. The van der Waals surface area contributed by atoms with Crippen LogP contribution in [-0.2, 0) is 9.53 Å². The van der Waals surface area contributed by atoms with Crippen LogP contribution in [0.25, 0.3) is 0 Å². The number of esters is 1. The van der Waals surface area contributed by atoms with Gasteiger partial charge in [-0.2, -0.15) is 0 Å². The highest BCUT2D eigenvalue weighted by molar-refractivity contribution is 9.10. The first-order valence-corrected chi connectivity index (χ1v) is 7.84. The fourth-order valence-corrected chi connectivity index (χ4v) is 2.25. The van der Waals surface area contributed by atoms with Crippen LogP contribution in [-0.4, -0.2) is 25.1 Å². The van der Waals surface area contributed by atoms with E-state index in [-0.39, 0.29) is 19.1 Å². The predicted molar refractivity (Wildman–Crippen MR) is 90.7 cm³/mol. The molecule has 23 heavy (non-hydrogen) atoms. The number of halogens is 1. The summed E-state index contributed by atoms with van der Waals surface area (Å²) >= 11 is 3.33. The van der Waals surface area contributed by atoms with Crippen molar-refractivity contribution in [1.82, 2.24) is 0 Å². The van der Waals surface area contributed by atoms with Gasteiger partial charge in [0.15, 0.2) is 6.61 Å². The quantitative estimate of drug-likeness (QED) is 0.780. The van der Waals surface area contributed by atoms with Crippen LogP contribution in [0.5, 0.6) is 5.75 Å². The summed E-state index contributed by atoms with van der Waals surface area (Å²) in [4.78, 5) is 23.9. The topological polar surface area (TPSA) is 64.6 Å². The van der Waals surface area contributed by atoms with E-state index >= 15 is 0 Å². The van der Waals surface area contributed by atoms with E-state index in [4.69, 9.17) is 9.47 Å². The fourth-order valence-electron chi connectivity index (χ4n) is 1.87. The average Bonchev–Trinajstić information content (AvgIpc) is 2.54. The van der Waals surface area contributed by atoms with E-state index in [1.165, 1.54) is 0 Å². The number of nitrogens with one attached hydrogen (secondary N) is 1. The number of benzene rings is 2. The van der Waals surface area contributed by atoms with Crippen molar-refractivity contribution in [2.24, 2.45) is 0 Å². The van der Waals surface area contributed by atoms with Crippen molar-refractivity contribution in [2.45, 2.75) is 6.92 Å². The summed E-state index contributed by atoms with van der Waals surface area (Å²) in [5.41, 5.74) is 0.707. The van der Waals surface area contributed by atoms with Gasteiger partial charge in [0.1, 0.15) is 5.75 Å². The molecule has 0 spiro atoms. The van der Waals surface area contributed by atoms with Crippen molar-refractivity contribution >= 4 is 33.5 Å². The Morgan fingerprint density at radius 1 is 1.13 bits per heavy atom. The molecule has 120 valence electrons. The molecule has 2 aromatic carbocycles. The van der Waals surface area contributed by atoms with Gasteiger partial charge in [0, 0.05) is 4.47 Å². The Labute approximate surface area is 142 Å². The summed E-state index contributed by atoms with van der Waals surface area (Å²) in [6.45, 7) is 1.84. The van der Waals surface area contributed by atoms with Gasteiger partial charge in [-0.05, 0) is 37.3 Å². The third-order valence-corrected chi connectivity index (χ3v) is 3.36. The highest BCUT2D eigenvalue weighted by atomic mass is 79.9. The molecule has 0 atom stereocenters. The smallest absolute Gasteiger partial charge is 0.340 e. The summed E-state index contributed by atoms with van der Waals surface area (Å²) < 4.78 is 11.2. The monoisotopic (exact) mass is 377 g/mol. The SMILES string of the molecule is CCOC(=O)c1ccccc1NC(=O)COc1cccc(Br)c1. The first-order valence-electron chi connectivity index (χ1n) is 7.04. The number of ether oxygens (including phenoxy) is 2. The lowest BCUT2D eigenvalue weighted by Crippen LogP contribution is -2.22. The second-order valence-electron chi connectivity index (χ2n) is 4.56. The standard InChI is InChI=1S/C17H16BrNO4/c1-2-22-17(21)14-8-3-4-9-15(14)19-16(20)11-23-13-7-5-6-12(18)10-13/h3-10H,2,11H2,1H3,(H,19,20). The van der Waals surface area contributed by atoms with Crippen LogP contribution in [0.15, 0.2) is 53.0 Å². The van der Waals surface area contributed by atoms with E-state index in [0.717, 1.165) is 4.47 Å². The van der Waals surface area contributed by atoms with Crippen molar-refractivity contribution in [1.29, 1.82) is 0 Å². The molecular formula is C17H16BrNO4. The highest BCUT2D eigenvalue weighted by Crippen LogP contribution is 2.18. The normalized spacial score (nSPS) is 10.0. The van der Waals surface area contributed by atoms with Gasteiger partial charge in [-0.3, -0.25) is 4.79 Å². The Hall–Kier alpha value is -2.34. The van der Waals surface area contributed by atoms with E-state index < -0.39 is 5.97 Å². The van der Waals surface area contributed by atoms with Gasteiger partial charge in [-0.15, -0.1) is 0 Å². The molecule has 5 nitrogen and oxygen atoms in total. The predicted octanol–water partition coefficient (Wildman–Crippen LogP) is 3.64. The lowest BCUT2D eigenvalue weighted by atomic mass is 10.2. The summed E-state index contributed by atoms with van der Waals surface area (Å²) in [5.74, 6) is -0.258. The molecule has 1 amide bonds. The zero-order chi connectivity index (χ0) is 16.7. The van der Waals surface area contributed by atoms with Gasteiger partial charge in [-0.25, -0.2) is 4.79 Å². The average molecular weight is 378 g/mol. The Bertz CT molecular complexity index is 702. The molecule has 0 unspecified atom stereocenters. The molecule has 0 aliphatic heterocycles. The van der Waals surface area contributed by atoms with Crippen molar-refractivity contribution in [2.75, 3.05) is 18.5 Å². The second kappa shape index (κ2) is 8.33. The van der Waals surface area contributed by atoms with Gasteiger partial charge < -0.3 is 14.8 Å². The first-order chi connectivity index (χ1) is 11.1. The molecule has 0 heterocycles. The number of amides is 1. The van der Waals surface area contributed by atoms with Crippen molar-refractivity contribution in [3.05, 3.63) is 58.6 Å². The van der Waals surface area contributed by atoms with E-state index in [0.29, 0.717) is 17.0 Å². The van der Waals surface area contributed by atoms with Crippen molar-refractivity contribution < 1.29 is 19.1 Å². The van der Waals surface area contributed by atoms with E-state index in [2.05, 4.69) is 21.2 Å². The highest BCUT2D eigenvalue weighted by Gasteiger charge is 2.14. The van der Waals surface area contributed by atoms with E-state index in [1.807, 2.05) is 12.1 Å². The lowest BCUT2D eigenvalue weighted by Gasteiger charge is -2.11. The van der Waals surface area contributed by atoms with Gasteiger partial charge >= 0.3 is 5.97 Å². The third kappa shape index (κ3) is 5.10. The molecule has 2 aromatic rings. The molecule has 0 radical (unpaired) electrons. The molecule has 1 N–H and O–H groups in total. The maximum Gasteiger partial charge on any atom is 0.340 e. The summed E-state index contributed by atoms with van der Waals surface area (Å²) in [6.07, 6.45) is 0. The number of hydrogen-bond acceptors (Lipinski definition) is 4. The minimum atomic E-state index is -0.476. The maximum atomic E-state index is 12.0. The van der Waals surface area contributed by atoms with Crippen molar-refractivity contribution in [3.63, 3.8) is 0 Å². The molecule has 0 aliphatic rings. The Kier molecular flexibility index (Phi) is 6.17. The van der Waals surface area contributed by atoms with Crippen LogP contribution in [0.4, 0.5) is 5.69 Å². The van der Waals surface area contributed by atoms with Gasteiger partial charge in [0.05, 0.1) is 17.9 Å². The molecule has 0 saturated carbocycles. The first kappa shape index (κ1) is 17.0.